The lowest BCUT2D eigenvalue weighted by molar-refractivity contribution is -0.118. The number of rotatable bonds is 4. The molecule has 0 unspecified atom stereocenters. The summed E-state index contributed by atoms with van der Waals surface area (Å²) in [5.41, 5.74) is -0.852. The maximum atomic E-state index is 14.1. The van der Waals surface area contributed by atoms with Crippen LogP contribution < -0.4 is 10.9 Å². The number of hydrogen-bond acceptors (Lipinski definition) is 6. The molecule has 0 aromatic carbocycles. The summed E-state index contributed by atoms with van der Waals surface area (Å²) in [5, 5.41) is 12.4. The summed E-state index contributed by atoms with van der Waals surface area (Å²) in [5.74, 6) is -4.33. The van der Waals surface area contributed by atoms with Crippen LogP contribution in [-0.4, -0.2) is 48.7 Å². The van der Waals surface area contributed by atoms with Gasteiger partial charge in [0.2, 0.25) is 11.9 Å². The molecule has 3 atom stereocenters. The van der Waals surface area contributed by atoms with Crippen molar-refractivity contribution in [2.75, 3.05) is 5.32 Å². The Balaban J connectivity index is 2.04. The second-order valence-electron chi connectivity index (χ2n) is 6.43. The number of alkyl halides is 2. The van der Waals surface area contributed by atoms with Crippen LogP contribution in [-0.2, 0) is 9.53 Å². The van der Waals surface area contributed by atoms with E-state index in [1.165, 1.54) is 6.92 Å². The molecule has 0 bridgehead atoms. The molecule has 1 aliphatic rings. The van der Waals surface area contributed by atoms with Crippen LogP contribution in [0.4, 0.5) is 14.7 Å². The number of imidazole rings is 1. The van der Waals surface area contributed by atoms with E-state index in [0.29, 0.717) is 0 Å². The highest BCUT2D eigenvalue weighted by Gasteiger charge is 2.58. The molecule has 9 nitrogen and oxygen atoms in total. The number of carbonyl (C=O) groups is 1. The van der Waals surface area contributed by atoms with E-state index >= 15 is 0 Å². The Bertz CT molecular complexity index is 894. The lowest BCUT2D eigenvalue weighted by Crippen LogP contribution is -2.38. The van der Waals surface area contributed by atoms with Crippen molar-refractivity contribution in [3.8, 4) is 0 Å². The van der Waals surface area contributed by atoms with Gasteiger partial charge in [-0.15, -0.1) is 0 Å². The van der Waals surface area contributed by atoms with E-state index in [-0.39, 0.29) is 35.4 Å². The van der Waals surface area contributed by atoms with Gasteiger partial charge in [-0.1, -0.05) is 20.8 Å². The summed E-state index contributed by atoms with van der Waals surface area (Å²) in [6.07, 6.45) is -3.95. The number of aromatic amines is 1. The Labute approximate surface area is 146 Å². The molecule has 0 aliphatic carbocycles. The van der Waals surface area contributed by atoms with E-state index in [2.05, 4.69) is 20.3 Å². The van der Waals surface area contributed by atoms with Gasteiger partial charge in [0.25, 0.3) is 5.56 Å². The molecule has 3 rings (SSSR count). The quantitative estimate of drug-likeness (QED) is 0.738. The van der Waals surface area contributed by atoms with Crippen molar-refractivity contribution in [1.29, 1.82) is 0 Å². The fourth-order valence-electron chi connectivity index (χ4n) is 2.73. The smallest absolute Gasteiger partial charge is 0.303 e. The van der Waals surface area contributed by atoms with Crippen LogP contribution >= 0.6 is 0 Å². The van der Waals surface area contributed by atoms with Crippen LogP contribution in [0.25, 0.3) is 11.2 Å². The van der Waals surface area contributed by atoms with Crippen molar-refractivity contribution in [3.63, 3.8) is 0 Å². The zero-order chi connectivity index (χ0) is 19.2. The van der Waals surface area contributed by atoms with Gasteiger partial charge in [-0.3, -0.25) is 24.5 Å². The van der Waals surface area contributed by atoms with E-state index in [0.717, 1.165) is 10.9 Å². The fraction of sp³-hybridized carbons (Fsp3) is 0.600. The Hall–Kier alpha value is -2.40. The van der Waals surface area contributed by atoms with E-state index in [9.17, 15) is 23.5 Å². The third-order valence-corrected chi connectivity index (χ3v) is 4.24. The molecule has 142 valence electrons. The van der Waals surface area contributed by atoms with Gasteiger partial charge in [-0.25, -0.2) is 13.8 Å². The molecule has 11 heteroatoms. The molecule has 0 saturated carbocycles. The maximum Gasteiger partial charge on any atom is 0.303 e. The van der Waals surface area contributed by atoms with Crippen molar-refractivity contribution in [2.45, 2.75) is 51.6 Å². The lowest BCUT2D eigenvalue weighted by Gasteiger charge is -2.18. The number of H-pyrrole nitrogens is 1. The van der Waals surface area contributed by atoms with Crippen molar-refractivity contribution in [2.24, 2.45) is 5.92 Å². The Kier molecular flexibility index (Phi) is 4.53. The number of nitrogens with one attached hydrogen (secondary N) is 2. The molecule has 1 fully saturated rings. The number of halogens is 2. The minimum Gasteiger partial charge on any atom is -0.382 e. The summed E-state index contributed by atoms with van der Waals surface area (Å²) >= 11 is 0. The lowest BCUT2D eigenvalue weighted by atomic mass is 10.1. The fourth-order valence-corrected chi connectivity index (χ4v) is 2.73. The SMILES string of the molecule is CC[C@H]1O[C@@H](n2cnc3c(=O)[nH]c(NC(=O)C(C)C)nc32)[C@H](O)C1(F)F. The van der Waals surface area contributed by atoms with Crippen LogP contribution in [0.2, 0.25) is 0 Å². The van der Waals surface area contributed by atoms with Crippen molar-refractivity contribution < 1.29 is 23.4 Å². The first kappa shape index (κ1) is 18.4. The number of amides is 1. The van der Waals surface area contributed by atoms with Crippen LogP contribution in [0.1, 0.15) is 33.4 Å². The van der Waals surface area contributed by atoms with Crippen LogP contribution in [0.3, 0.4) is 0 Å². The largest absolute Gasteiger partial charge is 0.382 e. The van der Waals surface area contributed by atoms with E-state index in [1.807, 2.05) is 0 Å². The predicted molar refractivity (Wildman–Crippen MR) is 86.8 cm³/mol. The van der Waals surface area contributed by atoms with Crippen molar-refractivity contribution in [3.05, 3.63) is 16.7 Å². The Morgan fingerprint density at radius 3 is 2.81 bits per heavy atom. The zero-order valence-electron chi connectivity index (χ0n) is 14.4. The molecule has 0 spiro atoms. The molecule has 26 heavy (non-hydrogen) atoms. The molecule has 1 saturated heterocycles. The first-order valence-corrected chi connectivity index (χ1v) is 8.15. The molecule has 1 aliphatic heterocycles. The molecular formula is C15H19F2N5O4. The van der Waals surface area contributed by atoms with E-state index < -0.39 is 29.9 Å². The Morgan fingerprint density at radius 2 is 2.23 bits per heavy atom. The Morgan fingerprint density at radius 1 is 1.54 bits per heavy atom. The monoisotopic (exact) mass is 371 g/mol. The van der Waals surface area contributed by atoms with Gasteiger partial charge in [0.1, 0.15) is 6.10 Å². The summed E-state index contributed by atoms with van der Waals surface area (Å²) in [7, 11) is 0. The van der Waals surface area contributed by atoms with Gasteiger partial charge in [0.05, 0.1) is 6.33 Å². The number of ether oxygens (including phenoxy) is 1. The van der Waals surface area contributed by atoms with Gasteiger partial charge < -0.3 is 9.84 Å². The number of anilines is 1. The highest BCUT2D eigenvalue weighted by molar-refractivity contribution is 5.91. The summed E-state index contributed by atoms with van der Waals surface area (Å²) in [6.45, 7) is 4.83. The first-order chi connectivity index (χ1) is 12.2. The summed E-state index contributed by atoms with van der Waals surface area (Å²) in [6, 6.07) is 0. The number of aliphatic hydroxyl groups is 1. The maximum absolute atomic E-state index is 14.1. The number of hydrogen-bond donors (Lipinski definition) is 3. The normalized spacial score (nSPS) is 25.1. The van der Waals surface area contributed by atoms with Gasteiger partial charge in [-0.05, 0) is 6.42 Å². The zero-order valence-corrected chi connectivity index (χ0v) is 14.4. The second-order valence-corrected chi connectivity index (χ2v) is 6.43. The minimum atomic E-state index is -3.45. The number of aromatic nitrogens is 4. The number of carbonyl (C=O) groups excluding carboxylic acids is 1. The second kappa shape index (κ2) is 6.40. The van der Waals surface area contributed by atoms with E-state index in [4.69, 9.17) is 4.74 Å². The van der Waals surface area contributed by atoms with Crippen LogP contribution in [0.15, 0.2) is 11.1 Å². The third kappa shape index (κ3) is 2.86. The van der Waals surface area contributed by atoms with Gasteiger partial charge in [0, 0.05) is 5.92 Å². The summed E-state index contributed by atoms with van der Waals surface area (Å²) < 4.78 is 34.6. The first-order valence-electron chi connectivity index (χ1n) is 8.15. The number of fused-ring (bicyclic) bond motifs is 1. The molecule has 3 heterocycles. The van der Waals surface area contributed by atoms with Crippen molar-refractivity contribution >= 4 is 23.0 Å². The third-order valence-electron chi connectivity index (χ3n) is 4.24. The minimum absolute atomic E-state index is 0.00308. The van der Waals surface area contributed by atoms with Gasteiger partial charge in [0.15, 0.2) is 23.5 Å². The van der Waals surface area contributed by atoms with Crippen LogP contribution in [0.5, 0.6) is 0 Å². The number of nitrogens with zero attached hydrogens (tertiary/aromatic N) is 3. The summed E-state index contributed by atoms with van der Waals surface area (Å²) in [4.78, 5) is 34.2. The van der Waals surface area contributed by atoms with E-state index in [1.54, 1.807) is 13.8 Å². The highest BCUT2D eigenvalue weighted by atomic mass is 19.3. The number of aliphatic hydroxyl groups excluding tert-OH is 1. The average molecular weight is 371 g/mol. The average Bonchev–Trinajstić information content (AvgIpc) is 3.07. The topological polar surface area (TPSA) is 122 Å². The van der Waals surface area contributed by atoms with Crippen LogP contribution in [0, 0.1) is 5.92 Å². The molecule has 2 aromatic heterocycles. The molecule has 0 radical (unpaired) electrons. The van der Waals surface area contributed by atoms with Gasteiger partial charge >= 0.3 is 5.92 Å². The molecule has 2 aromatic rings. The highest BCUT2D eigenvalue weighted by Crippen LogP contribution is 2.43. The predicted octanol–water partition coefficient (Wildman–Crippen LogP) is 1.02. The molecule has 3 N–H and O–H groups in total. The van der Waals surface area contributed by atoms with Crippen molar-refractivity contribution in [1.82, 2.24) is 19.5 Å². The standard InChI is InChI=1S/C15H19F2N5O4/c1-4-7-15(16,17)9(23)13(26-7)22-5-18-8-10(22)19-14(21-12(8)25)20-11(24)6(2)3/h5-7,9,13,23H,4H2,1-3H3,(H2,19,20,21,24,25)/t7-,9+,13-/m1/s1. The van der Waals surface area contributed by atoms with Gasteiger partial charge in [-0.2, -0.15) is 4.98 Å². The molecule has 1 amide bonds. The molecular weight excluding hydrogens is 352 g/mol.